The quantitative estimate of drug-likeness (QED) is 0.367. The van der Waals surface area contributed by atoms with Crippen molar-refractivity contribution in [2.45, 2.75) is 25.6 Å². The summed E-state index contributed by atoms with van der Waals surface area (Å²) >= 11 is 0. The first-order chi connectivity index (χ1) is 15.3. The van der Waals surface area contributed by atoms with Crippen LogP contribution in [0, 0.1) is 0 Å². The summed E-state index contributed by atoms with van der Waals surface area (Å²) in [6.45, 7) is 2.58. The van der Waals surface area contributed by atoms with Crippen LogP contribution in [-0.2, 0) is 26.6 Å². The Morgan fingerprint density at radius 1 is 0.970 bits per heavy atom. The Morgan fingerprint density at radius 2 is 1.64 bits per heavy atom. The third kappa shape index (κ3) is 6.02. The van der Waals surface area contributed by atoms with E-state index in [1.54, 1.807) is 26.0 Å². The first-order valence-corrected chi connectivity index (χ1v) is 11.4. The maximum Gasteiger partial charge on any atom is 0.419 e. The highest BCUT2D eigenvalue weighted by molar-refractivity contribution is 7.85. The predicted octanol–water partition coefficient (Wildman–Crippen LogP) is 5.22. The third-order valence-electron chi connectivity index (χ3n) is 4.90. The van der Waals surface area contributed by atoms with Gasteiger partial charge in [0, 0.05) is 5.56 Å². The van der Waals surface area contributed by atoms with Gasteiger partial charge in [0.25, 0.3) is 10.1 Å². The van der Waals surface area contributed by atoms with Crippen LogP contribution in [0.5, 0.6) is 5.75 Å². The number of ether oxygens (including phenoxy) is 2. The van der Waals surface area contributed by atoms with Crippen LogP contribution >= 0.6 is 0 Å². The van der Waals surface area contributed by atoms with Gasteiger partial charge in [0.1, 0.15) is 23.7 Å². The van der Waals surface area contributed by atoms with Crippen LogP contribution in [0.3, 0.4) is 0 Å². The van der Waals surface area contributed by atoms with Crippen LogP contribution in [0.15, 0.2) is 60.7 Å². The standard InChI is InChI=1S/C23H21F3O6S/c1-22(2,18-9-5-7-15-6-3-4-8-17(15)18)32-20-14-16(10-11-19(20)23(24,25)26)21(27)31-12-13-33(28,29)30/h3-11,14H,12-13H2,1-2H3,(H,28,29,30). The lowest BCUT2D eigenvalue weighted by Crippen LogP contribution is -2.27. The molecule has 0 fully saturated rings. The van der Waals surface area contributed by atoms with E-state index in [2.05, 4.69) is 0 Å². The van der Waals surface area contributed by atoms with Crippen LogP contribution < -0.4 is 4.74 Å². The average Bonchev–Trinajstić information content (AvgIpc) is 2.71. The van der Waals surface area contributed by atoms with E-state index in [-0.39, 0.29) is 5.56 Å². The van der Waals surface area contributed by atoms with Crippen molar-refractivity contribution in [2.24, 2.45) is 0 Å². The van der Waals surface area contributed by atoms with E-state index < -0.39 is 51.5 Å². The zero-order valence-electron chi connectivity index (χ0n) is 17.7. The molecule has 0 bridgehead atoms. The lowest BCUT2D eigenvalue weighted by atomic mass is 9.92. The Kier molecular flexibility index (Phi) is 6.71. The Balaban J connectivity index is 1.97. The molecule has 0 radical (unpaired) electrons. The maximum atomic E-state index is 13.7. The van der Waals surface area contributed by atoms with Crippen LogP contribution in [0.2, 0.25) is 0 Å². The summed E-state index contributed by atoms with van der Waals surface area (Å²) in [7, 11) is -4.36. The van der Waals surface area contributed by atoms with Gasteiger partial charge in [0.05, 0.1) is 11.1 Å². The molecule has 0 aliphatic rings. The molecule has 3 rings (SSSR count). The number of esters is 1. The first kappa shape index (κ1) is 24.5. The molecule has 0 aromatic heterocycles. The van der Waals surface area contributed by atoms with Crippen molar-refractivity contribution in [1.29, 1.82) is 0 Å². The van der Waals surface area contributed by atoms with Crippen molar-refractivity contribution >= 4 is 26.9 Å². The van der Waals surface area contributed by atoms with Crippen LogP contribution in [0.25, 0.3) is 10.8 Å². The Morgan fingerprint density at radius 3 is 2.30 bits per heavy atom. The predicted molar refractivity (Wildman–Crippen MR) is 116 cm³/mol. The monoisotopic (exact) mass is 482 g/mol. The van der Waals surface area contributed by atoms with Gasteiger partial charge in [-0.2, -0.15) is 21.6 Å². The molecule has 176 valence electrons. The molecule has 0 amide bonds. The molecule has 0 unspecified atom stereocenters. The fourth-order valence-corrected chi connectivity index (χ4v) is 3.67. The molecule has 0 heterocycles. The lowest BCUT2D eigenvalue weighted by Gasteiger charge is -2.30. The van der Waals surface area contributed by atoms with Gasteiger partial charge in [-0.15, -0.1) is 0 Å². The maximum absolute atomic E-state index is 13.7. The molecule has 3 aromatic rings. The summed E-state index contributed by atoms with van der Waals surface area (Å²) in [5.41, 5.74) is -1.91. The second-order valence-corrected chi connectivity index (χ2v) is 9.34. The minimum absolute atomic E-state index is 0.262. The van der Waals surface area contributed by atoms with Crippen molar-refractivity contribution in [3.63, 3.8) is 0 Å². The summed E-state index contributed by atoms with van der Waals surface area (Å²) in [4.78, 5) is 12.2. The SMILES string of the molecule is CC(C)(Oc1cc(C(=O)OCCS(=O)(=O)O)ccc1C(F)(F)F)c1cccc2ccccc12. The normalized spacial score (nSPS) is 12.5. The highest BCUT2D eigenvalue weighted by Gasteiger charge is 2.37. The van der Waals surface area contributed by atoms with E-state index >= 15 is 0 Å². The second-order valence-electron chi connectivity index (χ2n) is 7.77. The van der Waals surface area contributed by atoms with Crippen molar-refractivity contribution < 1.29 is 40.4 Å². The summed E-state index contributed by atoms with van der Waals surface area (Å²) < 4.78 is 81.8. The number of halogens is 3. The van der Waals surface area contributed by atoms with Gasteiger partial charge in [-0.25, -0.2) is 4.79 Å². The molecule has 0 aliphatic carbocycles. The van der Waals surface area contributed by atoms with E-state index in [4.69, 9.17) is 14.0 Å². The van der Waals surface area contributed by atoms with Gasteiger partial charge in [-0.3, -0.25) is 4.55 Å². The fourth-order valence-electron chi connectivity index (χ4n) is 3.37. The molecule has 33 heavy (non-hydrogen) atoms. The zero-order valence-corrected chi connectivity index (χ0v) is 18.5. The van der Waals surface area contributed by atoms with Gasteiger partial charge in [-0.1, -0.05) is 42.5 Å². The molecular formula is C23H21F3O6S. The molecular weight excluding hydrogens is 461 g/mol. The number of carbonyl (C=O) groups excluding carboxylic acids is 1. The van der Waals surface area contributed by atoms with E-state index in [1.165, 1.54) is 0 Å². The van der Waals surface area contributed by atoms with Gasteiger partial charge < -0.3 is 9.47 Å². The number of benzene rings is 3. The minimum atomic E-state index is -4.75. The number of hydrogen-bond acceptors (Lipinski definition) is 5. The van der Waals surface area contributed by atoms with Crippen LogP contribution in [0.1, 0.15) is 35.3 Å². The summed E-state index contributed by atoms with van der Waals surface area (Å²) in [6.07, 6.45) is -4.75. The van der Waals surface area contributed by atoms with Crippen molar-refractivity contribution in [3.05, 3.63) is 77.4 Å². The van der Waals surface area contributed by atoms with Crippen molar-refractivity contribution in [2.75, 3.05) is 12.4 Å². The topological polar surface area (TPSA) is 89.9 Å². The molecule has 3 aromatic carbocycles. The molecule has 0 spiro atoms. The molecule has 0 saturated heterocycles. The summed E-state index contributed by atoms with van der Waals surface area (Å²) in [6, 6.07) is 15.3. The summed E-state index contributed by atoms with van der Waals surface area (Å²) in [5, 5.41) is 1.69. The molecule has 10 heteroatoms. The van der Waals surface area contributed by atoms with Gasteiger partial charge in [0.2, 0.25) is 0 Å². The zero-order chi connectivity index (χ0) is 24.4. The number of alkyl halides is 3. The molecule has 0 saturated carbocycles. The summed E-state index contributed by atoms with van der Waals surface area (Å²) in [5.74, 6) is -2.47. The second kappa shape index (κ2) is 9.03. The number of rotatable bonds is 7. The molecule has 1 N–H and O–H groups in total. The molecule has 0 aliphatic heterocycles. The number of fused-ring (bicyclic) bond motifs is 1. The van der Waals surface area contributed by atoms with Gasteiger partial charge in [-0.05, 0) is 42.8 Å². The Hall–Kier alpha value is -3.11. The smallest absolute Gasteiger partial charge is 0.419 e. The fraction of sp³-hybridized carbons (Fsp3) is 0.261. The van der Waals surface area contributed by atoms with Crippen molar-refractivity contribution in [3.8, 4) is 5.75 Å². The van der Waals surface area contributed by atoms with Crippen LogP contribution in [0.4, 0.5) is 13.2 Å². The van der Waals surface area contributed by atoms with E-state index in [1.807, 2.05) is 30.3 Å². The average molecular weight is 482 g/mol. The highest BCUT2D eigenvalue weighted by atomic mass is 32.2. The highest BCUT2D eigenvalue weighted by Crippen LogP contribution is 2.41. The molecule has 0 atom stereocenters. The van der Waals surface area contributed by atoms with Crippen LogP contribution in [-0.4, -0.2) is 31.3 Å². The van der Waals surface area contributed by atoms with E-state index in [0.717, 1.165) is 22.9 Å². The first-order valence-electron chi connectivity index (χ1n) is 9.79. The van der Waals surface area contributed by atoms with Gasteiger partial charge >= 0.3 is 12.1 Å². The van der Waals surface area contributed by atoms with E-state index in [9.17, 15) is 26.4 Å². The lowest BCUT2D eigenvalue weighted by molar-refractivity contribution is -0.139. The number of carbonyl (C=O) groups is 1. The Bertz CT molecular complexity index is 1280. The van der Waals surface area contributed by atoms with E-state index in [0.29, 0.717) is 11.6 Å². The molecule has 6 nitrogen and oxygen atoms in total. The largest absolute Gasteiger partial charge is 0.482 e. The van der Waals surface area contributed by atoms with Gasteiger partial charge in [0.15, 0.2) is 0 Å². The number of hydrogen-bond donors (Lipinski definition) is 1. The third-order valence-corrected chi connectivity index (χ3v) is 5.58. The minimum Gasteiger partial charge on any atom is -0.482 e. The van der Waals surface area contributed by atoms with Crippen molar-refractivity contribution in [1.82, 2.24) is 0 Å². The Labute approximate surface area is 188 Å².